The van der Waals surface area contributed by atoms with Crippen LogP contribution in [0.15, 0.2) is 6.20 Å². The molecule has 7 heteroatoms. The SMILES string of the molecule is CCNC(=O)Nc1c(C(=N)N)cnn1C. The molecule has 1 aromatic heterocycles. The molecule has 0 aliphatic carbocycles. The number of amidine groups is 1. The van der Waals surface area contributed by atoms with Gasteiger partial charge in [-0.25, -0.2) is 4.79 Å². The Morgan fingerprint density at radius 3 is 2.93 bits per heavy atom. The lowest BCUT2D eigenvalue weighted by molar-refractivity contribution is 0.252. The second-order valence-electron chi connectivity index (χ2n) is 2.93. The Kier molecular flexibility index (Phi) is 3.27. The lowest BCUT2D eigenvalue weighted by Gasteiger charge is -2.07. The van der Waals surface area contributed by atoms with Crippen molar-refractivity contribution < 1.29 is 4.79 Å². The fourth-order valence-corrected chi connectivity index (χ4v) is 1.10. The number of nitrogens with two attached hydrogens (primary N) is 1. The summed E-state index contributed by atoms with van der Waals surface area (Å²) in [6.07, 6.45) is 1.43. The van der Waals surface area contributed by atoms with E-state index in [4.69, 9.17) is 11.1 Å². The third-order valence-electron chi connectivity index (χ3n) is 1.80. The Morgan fingerprint density at radius 1 is 1.73 bits per heavy atom. The van der Waals surface area contributed by atoms with Crippen LogP contribution in [0.4, 0.5) is 10.6 Å². The van der Waals surface area contributed by atoms with Gasteiger partial charge < -0.3 is 11.1 Å². The van der Waals surface area contributed by atoms with E-state index in [0.29, 0.717) is 17.9 Å². The van der Waals surface area contributed by atoms with Crippen molar-refractivity contribution >= 4 is 17.7 Å². The highest BCUT2D eigenvalue weighted by Gasteiger charge is 2.12. The molecule has 0 saturated carbocycles. The maximum absolute atomic E-state index is 11.3. The van der Waals surface area contributed by atoms with E-state index < -0.39 is 0 Å². The van der Waals surface area contributed by atoms with Gasteiger partial charge in [-0.2, -0.15) is 5.10 Å². The number of aromatic nitrogens is 2. The first kappa shape index (κ1) is 11.0. The normalized spacial score (nSPS) is 9.73. The van der Waals surface area contributed by atoms with Gasteiger partial charge in [-0.15, -0.1) is 0 Å². The second kappa shape index (κ2) is 4.45. The molecule has 5 N–H and O–H groups in total. The summed E-state index contributed by atoms with van der Waals surface area (Å²) in [7, 11) is 1.66. The van der Waals surface area contributed by atoms with Crippen LogP contribution in [0.5, 0.6) is 0 Å². The van der Waals surface area contributed by atoms with E-state index in [-0.39, 0.29) is 11.9 Å². The molecule has 0 atom stereocenters. The minimum absolute atomic E-state index is 0.130. The lowest BCUT2D eigenvalue weighted by atomic mass is 10.3. The fraction of sp³-hybridized carbons (Fsp3) is 0.375. The van der Waals surface area contributed by atoms with Gasteiger partial charge in [0.1, 0.15) is 11.7 Å². The van der Waals surface area contributed by atoms with Crippen molar-refractivity contribution in [1.82, 2.24) is 15.1 Å². The van der Waals surface area contributed by atoms with Crippen molar-refractivity contribution in [3.63, 3.8) is 0 Å². The van der Waals surface area contributed by atoms with Crippen LogP contribution in [0, 0.1) is 5.41 Å². The summed E-state index contributed by atoms with van der Waals surface area (Å²) in [5, 5.41) is 16.3. The molecular formula is C8H14N6O. The van der Waals surface area contributed by atoms with Gasteiger partial charge in [0.2, 0.25) is 0 Å². The van der Waals surface area contributed by atoms with Gasteiger partial charge >= 0.3 is 6.03 Å². The minimum atomic E-state index is -0.344. The number of carbonyl (C=O) groups is 1. The molecule has 1 rings (SSSR count). The predicted octanol–water partition coefficient (Wildman–Crippen LogP) is -0.154. The Bertz CT molecular complexity index is 382. The summed E-state index contributed by atoms with van der Waals surface area (Å²) in [6.45, 7) is 2.34. The van der Waals surface area contributed by atoms with Crippen LogP contribution in [-0.4, -0.2) is 28.2 Å². The molecule has 7 nitrogen and oxygen atoms in total. The van der Waals surface area contributed by atoms with E-state index in [1.54, 1.807) is 7.05 Å². The standard InChI is InChI=1S/C8H14N6O/c1-3-11-8(15)13-7-5(6(9)10)4-12-14(7)2/h4H,3H2,1-2H3,(H3,9,10)(H2,11,13,15). The van der Waals surface area contributed by atoms with Crippen LogP contribution in [0.1, 0.15) is 12.5 Å². The zero-order valence-electron chi connectivity index (χ0n) is 8.66. The lowest BCUT2D eigenvalue weighted by Crippen LogP contribution is -2.30. The summed E-state index contributed by atoms with van der Waals surface area (Å²) in [6, 6.07) is -0.344. The summed E-state index contributed by atoms with van der Waals surface area (Å²) in [4.78, 5) is 11.3. The van der Waals surface area contributed by atoms with E-state index in [0.717, 1.165) is 0 Å². The number of nitrogens with zero attached hydrogens (tertiary/aromatic N) is 2. The van der Waals surface area contributed by atoms with Gasteiger partial charge in [-0.05, 0) is 6.92 Å². The number of aryl methyl sites for hydroxylation is 1. The summed E-state index contributed by atoms with van der Waals surface area (Å²) < 4.78 is 1.45. The maximum Gasteiger partial charge on any atom is 0.320 e. The largest absolute Gasteiger partial charge is 0.384 e. The number of carbonyl (C=O) groups excluding carboxylic acids is 1. The first-order valence-corrected chi connectivity index (χ1v) is 4.47. The van der Waals surface area contributed by atoms with Gasteiger partial charge in [0.15, 0.2) is 0 Å². The zero-order chi connectivity index (χ0) is 11.4. The van der Waals surface area contributed by atoms with Gasteiger partial charge in [-0.3, -0.25) is 15.4 Å². The molecule has 0 spiro atoms. The molecule has 82 valence electrons. The number of anilines is 1. The van der Waals surface area contributed by atoms with Gasteiger partial charge in [0.05, 0.1) is 11.8 Å². The van der Waals surface area contributed by atoms with Crippen LogP contribution in [0.2, 0.25) is 0 Å². The van der Waals surface area contributed by atoms with Crippen molar-refractivity contribution in [2.24, 2.45) is 12.8 Å². The average molecular weight is 210 g/mol. The van der Waals surface area contributed by atoms with E-state index in [1.165, 1.54) is 10.9 Å². The van der Waals surface area contributed by atoms with Crippen LogP contribution in [0.3, 0.4) is 0 Å². The number of rotatable bonds is 3. The quantitative estimate of drug-likeness (QED) is 0.411. The summed E-state index contributed by atoms with van der Waals surface area (Å²) >= 11 is 0. The topological polar surface area (TPSA) is 109 Å². The molecule has 0 unspecified atom stereocenters. The van der Waals surface area contributed by atoms with Crippen molar-refractivity contribution in [3.8, 4) is 0 Å². The molecule has 0 aliphatic heterocycles. The number of nitrogens with one attached hydrogen (secondary N) is 3. The molecule has 2 amide bonds. The minimum Gasteiger partial charge on any atom is -0.384 e. The second-order valence-corrected chi connectivity index (χ2v) is 2.93. The van der Waals surface area contributed by atoms with E-state index in [1.807, 2.05) is 6.92 Å². The molecule has 15 heavy (non-hydrogen) atoms. The van der Waals surface area contributed by atoms with Crippen molar-refractivity contribution in [2.75, 3.05) is 11.9 Å². The summed E-state index contributed by atoms with van der Waals surface area (Å²) in [5.41, 5.74) is 5.74. The average Bonchev–Trinajstić information content (AvgIpc) is 2.48. The molecule has 0 radical (unpaired) electrons. The number of nitrogen functional groups attached to an aromatic ring is 1. The van der Waals surface area contributed by atoms with E-state index >= 15 is 0 Å². The first-order chi connectivity index (χ1) is 7.06. The third-order valence-corrected chi connectivity index (χ3v) is 1.80. The Hall–Kier alpha value is -2.05. The molecule has 0 aliphatic rings. The predicted molar refractivity (Wildman–Crippen MR) is 56.9 cm³/mol. The Morgan fingerprint density at radius 2 is 2.40 bits per heavy atom. The molecule has 0 fully saturated rings. The van der Waals surface area contributed by atoms with Crippen LogP contribution in [-0.2, 0) is 7.05 Å². The number of hydrogen-bond donors (Lipinski definition) is 4. The third kappa shape index (κ3) is 2.46. The highest BCUT2D eigenvalue weighted by atomic mass is 16.2. The Balaban J connectivity index is 2.88. The first-order valence-electron chi connectivity index (χ1n) is 4.47. The van der Waals surface area contributed by atoms with E-state index in [2.05, 4.69) is 15.7 Å². The summed E-state index contributed by atoms with van der Waals surface area (Å²) in [5.74, 6) is 0.281. The van der Waals surface area contributed by atoms with Crippen molar-refractivity contribution in [1.29, 1.82) is 5.41 Å². The zero-order valence-corrected chi connectivity index (χ0v) is 8.66. The highest BCUT2D eigenvalue weighted by Crippen LogP contribution is 2.12. The Labute approximate surface area is 87.1 Å². The molecule has 0 saturated heterocycles. The molecule has 1 heterocycles. The van der Waals surface area contributed by atoms with Crippen molar-refractivity contribution in [3.05, 3.63) is 11.8 Å². The highest BCUT2D eigenvalue weighted by molar-refractivity contribution is 6.02. The monoisotopic (exact) mass is 210 g/mol. The molecule has 0 aromatic carbocycles. The molecule has 1 aromatic rings. The maximum atomic E-state index is 11.3. The molecule has 0 bridgehead atoms. The van der Waals surface area contributed by atoms with Crippen LogP contribution < -0.4 is 16.4 Å². The van der Waals surface area contributed by atoms with Gasteiger partial charge in [0.25, 0.3) is 0 Å². The number of hydrogen-bond acceptors (Lipinski definition) is 3. The van der Waals surface area contributed by atoms with Gasteiger partial charge in [0, 0.05) is 13.6 Å². The fourth-order valence-electron chi connectivity index (χ4n) is 1.10. The van der Waals surface area contributed by atoms with E-state index in [9.17, 15) is 4.79 Å². The van der Waals surface area contributed by atoms with Crippen molar-refractivity contribution in [2.45, 2.75) is 6.92 Å². The number of urea groups is 1. The molecular weight excluding hydrogens is 196 g/mol. The van der Waals surface area contributed by atoms with Crippen LogP contribution >= 0.6 is 0 Å². The smallest absolute Gasteiger partial charge is 0.320 e. The van der Waals surface area contributed by atoms with Gasteiger partial charge in [-0.1, -0.05) is 0 Å². The number of amides is 2. The van der Waals surface area contributed by atoms with Crippen LogP contribution in [0.25, 0.3) is 0 Å².